The maximum atomic E-state index is 13.2. The molecule has 140 valence electrons. The van der Waals surface area contributed by atoms with Crippen LogP contribution in [0.5, 0.6) is 0 Å². The molecule has 8 nitrogen and oxygen atoms in total. The fourth-order valence-corrected chi connectivity index (χ4v) is 3.08. The lowest BCUT2D eigenvalue weighted by Gasteiger charge is -2.14. The minimum absolute atomic E-state index is 0.0863. The molecule has 0 fully saturated rings. The summed E-state index contributed by atoms with van der Waals surface area (Å²) in [5.74, 6) is -1.78. The Kier molecular flexibility index (Phi) is 4.46. The molecule has 2 amide bonds. The van der Waals surface area contributed by atoms with Gasteiger partial charge in [0.1, 0.15) is 12.1 Å². The van der Waals surface area contributed by atoms with E-state index in [1.165, 1.54) is 6.92 Å². The number of alkyl halides is 3. The third-order valence-corrected chi connectivity index (χ3v) is 4.18. The molecule has 0 radical (unpaired) electrons. The van der Waals surface area contributed by atoms with Crippen LogP contribution in [0.1, 0.15) is 45.8 Å². The summed E-state index contributed by atoms with van der Waals surface area (Å²) in [6.07, 6.45) is -2.51. The Bertz CT molecular complexity index is 869. The van der Waals surface area contributed by atoms with Gasteiger partial charge in [0.2, 0.25) is 11.8 Å². The van der Waals surface area contributed by atoms with Crippen molar-refractivity contribution in [1.29, 1.82) is 0 Å². The molecule has 3 N–H and O–H groups in total. The zero-order valence-corrected chi connectivity index (χ0v) is 13.8. The van der Waals surface area contributed by atoms with Gasteiger partial charge in [0.25, 0.3) is 5.91 Å². The van der Waals surface area contributed by atoms with Gasteiger partial charge in [-0.1, -0.05) is 5.16 Å². The molecule has 0 spiro atoms. The number of hydrogen-bond donors (Lipinski definition) is 2. The molecular weight excluding hydrogens is 355 g/mol. The Morgan fingerprint density at radius 3 is 2.65 bits per heavy atom. The molecule has 0 saturated carbocycles. The van der Waals surface area contributed by atoms with E-state index < -0.39 is 30.2 Å². The van der Waals surface area contributed by atoms with Crippen LogP contribution in [0.25, 0.3) is 0 Å². The number of nitrogens with one attached hydrogen (secondary N) is 1. The van der Waals surface area contributed by atoms with E-state index in [1.807, 2.05) is 0 Å². The molecule has 3 rings (SSSR count). The highest BCUT2D eigenvalue weighted by Crippen LogP contribution is 2.35. The maximum absolute atomic E-state index is 13.2. The van der Waals surface area contributed by atoms with E-state index in [-0.39, 0.29) is 29.1 Å². The quantitative estimate of drug-likeness (QED) is 0.850. The van der Waals surface area contributed by atoms with Crippen molar-refractivity contribution >= 4 is 17.7 Å². The van der Waals surface area contributed by atoms with E-state index in [0.717, 1.165) is 11.1 Å². The highest BCUT2D eigenvalue weighted by Gasteiger charge is 2.39. The predicted molar refractivity (Wildman–Crippen MR) is 82.3 cm³/mol. The molecule has 26 heavy (non-hydrogen) atoms. The van der Waals surface area contributed by atoms with Crippen LogP contribution in [0.3, 0.4) is 0 Å². The van der Waals surface area contributed by atoms with Crippen LogP contribution in [0.15, 0.2) is 4.52 Å². The van der Waals surface area contributed by atoms with Gasteiger partial charge in [-0.2, -0.15) is 18.3 Å². The number of rotatable bonds is 4. The fraction of sp³-hybridized carbons (Fsp3) is 0.467. The van der Waals surface area contributed by atoms with E-state index in [4.69, 9.17) is 10.3 Å². The van der Waals surface area contributed by atoms with Crippen LogP contribution < -0.4 is 11.1 Å². The Labute approximate surface area is 145 Å². The number of nitrogens with zero attached hydrogens (tertiary/aromatic N) is 3. The Hall–Kier alpha value is -2.85. The van der Waals surface area contributed by atoms with Gasteiger partial charge in [0.15, 0.2) is 5.69 Å². The van der Waals surface area contributed by atoms with Gasteiger partial charge in [-0.25, -0.2) is 0 Å². The first kappa shape index (κ1) is 18.0. The van der Waals surface area contributed by atoms with Gasteiger partial charge >= 0.3 is 6.18 Å². The SMILES string of the molecule is Cc1noc(NC(=O)Cn2nc(C(F)(F)F)c3c2CCCC3)c1C(N)=O. The number of amides is 2. The number of nitrogens with two attached hydrogens (primary N) is 1. The fourth-order valence-electron chi connectivity index (χ4n) is 3.08. The molecule has 0 bridgehead atoms. The number of anilines is 1. The van der Waals surface area contributed by atoms with Gasteiger partial charge in [-0.15, -0.1) is 0 Å². The molecule has 0 unspecified atom stereocenters. The summed E-state index contributed by atoms with van der Waals surface area (Å²) in [6.45, 7) is 1.02. The zero-order chi connectivity index (χ0) is 19.1. The lowest BCUT2D eigenvalue weighted by atomic mass is 9.95. The minimum Gasteiger partial charge on any atom is -0.365 e. The van der Waals surface area contributed by atoms with Crippen molar-refractivity contribution in [2.24, 2.45) is 5.73 Å². The zero-order valence-electron chi connectivity index (χ0n) is 13.8. The van der Waals surface area contributed by atoms with Crippen LogP contribution in [0, 0.1) is 6.92 Å². The van der Waals surface area contributed by atoms with Gasteiger partial charge in [0, 0.05) is 11.3 Å². The average Bonchev–Trinajstić information content (AvgIpc) is 3.08. The average molecular weight is 371 g/mol. The molecule has 0 atom stereocenters. The summed E-state index contributed by atoms with van der Waals surface area (Å²) >= 11 is 0. The lowest BCUT2D eigenvalue weighted by molar-refractivity contribution is -0.142. The van der Waals surface area contributed by atoms with E-state index in [9.17, 15) is 22.8 Å². The van der Waals surface area contributed by atoms with Crippen molar-refractivity contribution in [2.45, 2.75) is 45.3 Å². The lowest BCUT2D eigenvalue weighted by Crippen LogP contribution is -2.23. The van der Waals surface area contributed by atoms with Gasteiger partial charge in [-0.3, -0.25) is 19.6 Å². The number of aromatic nitrogens is 3. The summed E-state index contributed by atoms with van der Waals surface area (Å²) in [4.78, 5) is 23.6. The molecule has 2 aromatic rings. The summed E-state index contributed by atoms with van der Waals surface area (Å²) in [5.41, 5.74) is 4.91. The number of fused-ring (bicyclic) bond motifs is 1. The molecule has 2 aromatic heterocycles. The first-order valence-corrected chi connectivity index (χ1v) is 7.90. The van der Waals surface area contributed by atoms with Crippen LogP contribution in [-0.2, 0) is 30.4 Å². The van der Waals surface area contributed by atoms with Crippen LogP contribution >= 0.6 is 0 Å². The van der Waals surface area contributed by atoms with Crippen LogP contribution in [0.2, 0.25) is 0 Å². The van der Waals surface area contributed by atoms with E-state index in [2.05, 4.69) is 15.6 Å². The normalized spacial score (nSPS) is 14.2. The number of primary amides is 1. The highest BCUT2D eigenvalue weighted by molar-refractivity contribution is 6.02. The molecule has 1 aliphatic carbocycles. The summed E-state index contributed by atoms with van der Waals surface area (Å²) < 4.78 is 45.4. The van der Waals surface area contributed by atoms with E-state index in [0.29, 0.717) is 18.5 Å². The van der Waals surface area contributed by atoms with Crippen molar-refractivity contribution < 1.29 is 27.3 Å². The van der Waals surface area contributed by atoms with Gasteiger partial charge in [0.05, 0.1) is 5.69 Å². The summed E-state index contributed by atoms with van der Waals surface area (Å²) in [7, 11) is 0. The highest BCUT2D eigenvalue weighted by atomic mass is 19.4. The van der Waals surface area contributed by atoms with Crippen molar-refractivity contribution in [3.63, 3.8) is 0 Å². The van der Waals surface area contributed by atoms with Crippen LogP contribution in [0.4, 0.5) is 19.1 Å². The van der Waals surface area contributed by atoms with Gasteiger partial charge < -0.3 is 10.3 Å². The molecule has 0 saturated heterocycles. The molecular formula is C15H16F3N5O3. The molecule has 11 heteroatoms. The molecule has 0 aliphatic heterocycles. The minimum atomic E-state index is -4.58. The molecule has 0 aromatic carbocycles. The first-order chi connectivity index (χ1) is 12.2. The van der Waals surface area contributed by atoms with E-state index in [1.54, 1.807) is 0 Å². The Balaban J connectivity index is 1.84. The number of halogens is 3. The smallest absolute Gasteiger partial charge is 0.365 e. The third kappa shape index (κ3) is 3.28. The van der Waals surface area contributed by atoms with Crippen molar-refractivity contribution in [3.8, 4) is 0 Å². The largest absolute Gasteiger partial charge is 0.435 e. The van der Waals surface area contributed by atoms with Gasteiger partial charge in [-0.05, 0) is 32.6 Å². The van der Waals surface area contributed by atoms with E-state index >= 15 is 0 Å². The summed E-state index contributed by atoms with van der Waals surface area (Å²) in [5, 5.41) is 9.45. The Morgan fingerprint density at radius 2 is 2.00 bits per heavy atom. The number of carbonyl (C=O) groups is 2. The summed E-state index contributed by atoms with van der Waals surface area (Å²) in [6, 6.07) is 0. The van der Waals surface area contributed by atoms with Crippen molar-refractivity contribution in [1.82, 2.24) is 14.9 Å². The monoisotopic (exact) mass is 371 g/mol. The number of hydrogen-bond acceptors (Lipinski definition) is 5. The number of carbonyl (C=O) groups excluding carboxylic acids is 2. The Morgan fingerprint density at radius 1 is 1.31 bits per heavy atom. The second-order valence-corrected chi connectivity index (χ2v) is 6.02. The molecule has 1 aliphatic rings. The predicted octanol–water partition coefficient (Wildman–Crippen LogP) is 1.81. The van der Waals surface area contributed by atoms with Crippen LogP contribution in [-0.4, -0.2) is 26.8 Å². The first-order valence-electron chi connectivity index (χ1n) is 7.90. The number of aryl methyl sites for hydroxylation is 1. The topological polar surface area (TPSA) is 116 Å². The molecule has 2 heterocycles. The standard InChI is InChI=1S/C15H16F3N5O3/c1-7-11(13(19)25)14(26-22-7)20-10(24)6-23-9-5-3-2-4-8(9)12(21-23)15(16,17)18/h2-6H2,1H3,(H2,19,25)(H,20,24). The maximum Gasteiger partial charge on any atom is 0.435 e. The van der Waals surface area contributed by atoms with Crippen molar-refractivity contribution in [2.75, 3.05) is 5.32 Å². The second-order valence-electron chi connectivity index (χ2n) is 6.02. The third-order valence-electron chi connectivity index (χ3n) is 4.18. The van der Waals surface area contributed by atoms with Crippen molar-refractivity contribution in [3.05, 3.63) is 28.2 Å². The second kappa shape index (κ2) is 6.46.